The number of hydrogen-bond donors (Lipinski definition) is 0. The maximum atomic E-state index is 6.09. The van der Waals surface area contributed by atoms with Gasteiger partial charge in [0, 0.05) is 12.2 Å². The summed E-state index contributed by atoms with van der Waals surface area (Å²) >= 11 is 0. The average molecular weight is 396 g/mol. The number of hydrogen-bond acceptors (Lipinski definition) is 4. The highest BCUT2D eigenvalue weighted by Gasteiger charge is 2.33. The zero-order chi connectivity index (χ0) is 19.6. The second-order valence-electron chi connectivity index (χ2n) is 8.94. The summed E-state index contributed by atoms with van der Waals surface area (Å²) in [5.41, 5.74) is 4.48. The summed E-state index contributed by atoms with van der Waals surface area (Å²) in [6.45, 7) is 4.82. The summed E-state index contributed by atoms with van der Waals surface area (Å²) in [6, 6.07) is 8.02. The Balaban J connectivity index is 1.32. The van der Waals surface area contributed by atoms with Crippen LogP contribution in [0.5, 0.6) is 0 Å². The molecule has 1 saturated carbocycles. The van der Waals surface area contributed by atoms with E-state index >= 15 is 0 Å². The van der Waals surface area contributed by atoms with Gasteiger partial charge in [0.2, 0.25) is 0 Å². The maximum Gasteiger partial charge on any atom is 0.119 e. The molecule has 0 N–H and O–H groups in total. The van der Waals surface area contributed by atoms with Crippen LogP contribution < -0.4 is 0 Å². The van der Waals surface area contributed by atoms with Gasteiger partial charge in [-0.05, 0) is 60.4 Å². The fraction of sp³-hybridized carbons (Fsp3) is 0.600. The monoisotopic (exact) mass is 395 g/mol. The Morgan fingerprint density at radius 2 is 2.14 bits per heavy atom. The van der Waals surface area contributed by atoms with Crippen LogP contribution in [0.3, 0.4) is 0 Å². The fourth-order valence-electron chi connectivity index (χ4n) is 4.84. The van der Waals surface area contributed by atoms with Crippen molar-refractivity contribution in [2.24, 2.45) is 5.92 Å². The van der Waals surface area contributed by atoms with Crippen molar-refractivity contribution in [1.29, 1.82) is 0 Å². The predicted molar refractivity (Wildman–Crippen MR) is 114 cm³/mol. The van der Waals surface area contributed by atoms with Crippen molar-refractivity contribution in [3.05, 3.63) is 59.0 Å². The number of allylic oxidation sites excluding steroid dienone is 1. The van der Waals surface area contributed by atoms with Crippen LogP contribution in [-0.2, 0) is 27.1 Å². The molecule has 0 radical (unpaired) electrons. The van der Waals surface area contributed by atoms with Crippen LogP contribution in [0, 0.1) is 5.92 Å². The van der Waals surface area contributed by atoms with E-state index in [2.05, 4.69) is 48.4 Å². The zero-order valence-electron chi connectivity index (χ0n) is 17.5. The third-order valence-corrected chi connectivity index (χ3v) is 6.79. The molecule has 1 aromatic rings. The van der Waals surface area contributed by atoms with Crippen LogP contribution in [0.25, 0.3) is 0 Å². The number of aryl methyl sites for hydroxylation is 1. The van der Waals surface area contributed by atoms with Crippen LogP contribution in [0.4, 0.5) is 0 Å². The lowest BCUT2D eigenvalue weighted by Gasteiger charge is -2.43. The standard InChI is InChI=1S/C25H33NO3/c1-2-21-14-20-13-19(6-5-18-3-4-18)7-8-24(20)25-15-22(9-10-26(21)25)29-17-23-16-27-11-12-28-23/h7-10,13,15,18,21,23,25H,2-6,11-12,14,16-17H2,1H3/t21?,23-,25?/m0/s1. The lowest BCUT2D eigenvalue weighted by molar-refractivity contribution is -0.108. The van der Waals surface area contributed by atoms with Crippen LogP contribution in [0.15, 0.2) is 42.3 Å². The number of rotatable bonds is 7. The Labute approximate surface area is 174 Å². The minimum Gasteiger partial charge on any atom is -0.491 e. The first-order valence-corrected chi connectivity index (χ1v) is 11.4. The molecule has 4 heteroatoms. The van der Waals surface area contributed by atoms with E-state index in [0.717, 1.165) is 24.5 Å². The molecule has 4 aliphatic rings. The molecular formula is C25H33NO3. The molecule has 5 rings (SSSR count). The highest BCUT2D eigenvalue weighted by molar-refractivity contribution is 5.42. The van der Waals surface area contributed by atoms with Crippen molar-refractivity contribution in [2.75, 3.05) is 26.4 Å². The van der Waals surface area contributed by atoms with Crippen molar-refractivity contribution in [3.63, 3.8) is 0 Å². The molecule has 29 heavy (non-hydrogen) atoms. The van der Waals surface area contributed by atoms with Gasteiger partial charge in [-0.15, -0.1) is 0 Å². The van der Waals surface area contributed by atoms with E-state index in [1.165, 1.54) is 42.4 Å². The summed E-state index contributed by atoms with van der Waals surface area (Å²) in [7, 11) is 0. The first kappa shape index (κ1) is 19.2. The molecule has 4 nitrogen and oxygen atoms in total. The van der Waals surface area contributed by atoms with E-state index in [-0.39, 0.29) is 12.1 Å². The van der Waals surface area contributed by atoms with Crippen LogP contribution in [0.2, 0.25) is 0 Å². The number of fused-ring (bicyclic) bond motifs is 3. The van der Waals surface area contributed by atoms with Gasteiger partial charge in [-0.1, -0.05) is 38.0 Å². The molecular weight excluding hydrogens is 362 g/mol. The maximum absolute atomic E-state index is 6.09. The van der Waals surface area contributed by atoms with Crippen molar-refractivity contribution < 1.29 is 14.2 Å². The minimum absolute atomic E-state index is 0.0344. The van der Waals surface area contributed by atoms with Gasteiger partial charge in [-0.25, -0.2) is 0 Å². The first-order valence-electron chi connectivity index (χ1n) is 11.4. The Hall–Kier alpha value is -1.78. The second-order valence-corrected chi connectivity index (χ2v) is 8.94. The molecule has 0 aromatic heterocycles. The third kappa shape index (κ3) is 4.39. The van der Waals surface area contributed by atoms with E-state index in [0.29, 0.717) is 32.5 Å². The molecule has 3 aliphatic heterocycles. The normalized spacial score (nSPS) is 28.5. The van der Waals surface area contributed by atoms with E-state index in [9.17, 15) is 0 Å². The molecule has 0 spiro atoms. The van der Waals surface area contributed by atoms with Crippen molar-refractivity contribution >= 4 is 0 Å². The molecule has 3 atom stereocenters. The lowest BCUT2D eigenvalue weighted by Crippen LogP contribution is -2.40. The Morgan fingerprint density at radius 3 is 2.93 bits per heavy atom. The zero-order valence-corrected chi connectivity index (χ0v) is 17.5. The summed E-state index contributed by atoms with van der Waals surface area (Å²) in [4.78, 5) is 2.51. The van der Waals surface area contributed by atoms with Crippen molar-refractivity contribution in [3.8, 4) is 0 Å². The molecule has 0 amide bonds. The Kier molecular flexibility index (Phi) is 5.65. The Morgan fingerprint density at radius 1 is 1.21 bits per heavy atom. The second kappa shape index (κ2) is 8.53. The molecule has 0 bridgehead atoms. The van der Waals surface area contributed by atoms with Gasteiger partial charge >= 0.3 is 0 Å². The van der Waals surface area contributed by atoms with Crippen LogP contribution >= 0.6 is 0 Å². The molecule has 1 aromatic carbocycles. The van der Waals surface area contributed by atoms with E-state index in [1.807, 2.05) is 0 Å². The van der Waals surface area contributed by atoms with Crippen molar-refractivity contribution in [1.82, 2.24) is 4.90 Å². The quantitative estimate of drug-likeness (QED) is 0.678. The van der Waals surface area contributed by atoms with Gasteiger partial charge in [0.1, 0.15) is 18.5 Å². The molecule has 2 fully saturated rings. The molecule has 3 heterocycles. The van der Waals surface area contributed by atoms with E-state index in [4.69, 9.17) is 14.2 Å². The third-order valence-electron chi connectivity index (χ3n) is 6.79. The largest absolute Gasteiger partial charge is 0.491 e. The topological polar surface area (TPSA) is 30.9 Å². The van der Waals surface area contributed by atoms with Gasteiger partial charge in [-0.3, -0.25) is 0 Å². The first-order chi connectivity index (χ1) is 14.3. The van der Waals surface area contributed by atoms with E-state index in [1.54, 1.807) is 0 Å². The van der Waals surface area contributed by atoms with Gasteiger partial charge < -0.3 is 19.1 Å². The minimum atomic E-state index is 0.0344. The number of ether oxygens (including phenoxy) is 3. The van der Waals surface area contributed by atoms with Crippen LogP contribution in [0.1, 0.15) is 55.3 Å². The molecule has 156 valence electrons. The summed E-state index contributed by atoms with van der Waals surface area (Å²) in [5, 5.41) is 0. The fourth-order valence-corrected chi connectivity index (χ4v) is 4.84. The van der Waals surface area contributed by atoms with E-state index < -0.39 is 0 Å². The number of benzene rings is 1. The average Bonchev–Trinajstić information content (AvgIpc) is 3.60. The molecule has 2 unspecified atom stereocenters. The summed E-state index contributed by atoms with van der Waals surface area (Å²) < 4.78 is 17.3. The Bertz CT molecular complexity index is 776. The summed E-state index contributed by atoms with van der Waals surface area (Å²) in [5.74, 6) is 1.94. The van der Waals surface area contributed by atoms with Crippen molar-refractivity contribution in [2.45, 2.75) is 63.6 Å². The predicted octanol–water partition coefficient (Wildman–Crippen LogP) is 4.55. The summed E-state index contributed by atoms with van der Waals surface area (Å²) in [6.07, 6.45) is 14.4. The SMILES string of the molecule is CCC1Cc2cc(CCC3CC3)ccc2C2C=C(OC[C@@H]3COCCO3)C=CN12. The van der Waals surface area contributed by atoms with Gasteiger partial charge in [-0.2, -0.15) is 0 Å². The van der Waals surface area contributed by atoms with Crippen LogP contribution in [-0.4, -0.2) is 43.5 Å². The highest BCUT2D eigenvalue weighted by atomic mass is 16.6. The molecule has 1 saturated heterocycles. The van der Waals surface area contributed by atoms with Gasteiger partial charge in [0.25, 0.3) is 0 Å². The van der Waals surface area contributed by atoms with Gasteiger partial charge in [0.15, 0.2) is 0 Å². The highest BCUT2D eigenvalue weighted by Crippen LogP contribution is 2.39. The smallest absolute Gasteiger partial charge is 0.119 e. The molecule has 1 aliphatic carbocycles. The lowest BCUT2D eigenvalue weighted by atomic mass is 9.84. The number of nitrogens with zero attached hydrogens (tertiary/aromatic N) is 1. The van der Waals surface area contributed by atoms with Gasteiger partial charge in [0.05, 0.1) is 25.9 Å².